The number of hydrogen-bond acceptors (Lipinski definition) is 2. The Bertz CT molecular complexity index is 40.8. The van der Waals surface area contributed by atoms with Crippen molar-refractivity contribution < 1.29 is 0 Å². The molecule has 0 radical (unpaired) electrons. The third kappa shape index (κ3) is 0.884. The lowest BCUT2D eigenvalue weighted by Crippen LogP contribution is -2.09. The second-order valence-electron chi connectivity index (χ2n) is 1.58. The normalized spacial score (nSPS) is 34.5. The molecule has 1 fully saturated rings. The largest absolute Gasteiger partial charge is 0.307 e. The lowest BCUT2D eigenvalue weighted by Gasteiger charge is -1.89. The molecule has 0 amide bonds. The van der Waals surface area contributed by atoms with E-state index in [2.05, 4.69) is 12.2 Å². The molecule has 6 heavy (non-hydrogen) atoms. The van der Waals surface area contributed by atoms with Gasteiger partial charge in [0.1, 0.15) is 0 Å². The zero-order valence-corrected chi connectivity index (χ0v) is 4.72. The Labute approximate surface area is 42.5 Å². The summed E-state index contributed by atoms with van der Waals surface area (Å²) in [5.41, 5.74) is 0. The van der Waals surface area contributed by atoms with Crippen LogP contribution in [0.5, 0.6) is 0 Å². The Morgan fingerprint density at radius 1 is 1.83 bits per heavy atom. The van der Waals surface area contributed by atoms with Gasteiger partial charge in [0.2, 0.25) is 0 Å². The highest BCUT2D eigenvalue weighted by Gasteiger charge is 2.06. The first-order valence-electron chi connectivity index (χ1n) is 2.22. The monoisotopic (exact) mass is 103 g/mol. The summed E-state index contributed by atoms with van der Waals surface area (Å²) >= 11 is 1.99. The van der Waals surface area contributed by atoms with Crippen molar-refractivity contribution in [1.82, 2.24) is 5.32 Å². The van der Waals surface area contributed by atoms with Crippen LogP contribution in [0, 0.1) is 0 Å². The third-order valence-electron chi connectivity index (χ3n) is 0.902. The van der Waals surface area contributed by atoms with Crippen molar-refractivity contribution in [3.63, 3.8) is 0 Å². The predicted octanol–water partition coefficient (Wildman–Crippen LogP) is 0.669. The lowest BCUT2D eigenvalue weighted by molar-refractivity contribution is 0.813. The molecule has 0 aromatic carbocycles. The van der Waals surface area contributed by atoms with Gasteiger partial charge in [-0.2, -0.15) is 0 Å². The van der Waals surface area contributed by atoms with Crippen molar-refractivity contribution in [2.45, 2.75) is 12.2 Å². The number of nitrogens with one attached hydrogen (secondary N) is 1. The lowest BCUT2D eigenvalue weighted by atomic mass is 10.5. The topological polar surface area (TPSA) is 12.0 Å². The minimum absolute atomic E-state index is 0.852. The van der Waals surface area contributed by atoms with Crippen LogP contribution in [0.15, 0.2) is 0 Å². The molecule has 0 aromatic heterocycles. The van der Waals surface area contributed by atoms with Crippen LogP contribution in [0.1, 0.15) is 6.92 Å². The molecule has 0 bridgehead atoms. The molecule has 1 heterocycles. The first kappa shape index (κ1) is 4.47. The minimum atomic E-state index is 0.852. The van der Waals surface area contributed by atoms with E-state index in [1.54, 1.807) is 0 Å². The second-order valence-corrected chi connectivity index (χ2v) is 3.00. The van der Waals surface area contributed by atoms with Crippen molar-refractivity contribution in [1.29, 1.82) is 0 Å². The van der Waals surface area contributed by atoms with Gasteiger partial charge in [-0.15, -0.1) is 11.8 Å². The standard InChI is InChI=1S/C4H9NS/c1-4-2-5-3-6-4/h4-5H,2-3H2,1H3/t4-/m1/s1. The maximum Gasteiger partial charge on any atom is 0.0421 e. The van der Waals surface area contributed by atoms with Gasteiger partial charge in [0.25, 0.3) is 0 Å². The summed E-state index contributed by atoms with van der Waals surface area (Å²) < 4.78 is 0. The van der Waals surface area contributed by atoms with Crippen LogP contribution in [-0.2, 0) is 0 Å². The van der Waals surface area contributed by atoms with Crippen molar-refractivity contribution in [2.75, 3.05) is 12.4 Å². The van der Waals surface area contributed by atoms with E-state index >= 15 is 0 Å². The van der Waals surface area contributed by atoms with Gasteiger partial charge in [-0.25, -0.2) is 0 Å². The zero-order chi connectivity index (χ0) is 4.41. The maximum atomic E-state index is 3.23. The highest BCUT2D eigenvalue weighted by atomic mass is 32.2. The molecular weight excluding hydrogens is 94.1 g/mol. The van der Waals surface area contributed by atoms with Crippen LogP contribution < -0.4 is 5.32 Å². The van der Waals surface area contributed by atoms with E-state index in [1.165, 1.54) is 6.54 Å². The Hall–Kier alpha value is 0.310. The van der Waals surface area contributed by atoms with E-state index in [1.807, 2.05) is 11.8 Å². The van der Waals surface area contributed by atoms with E-state index in [0.717, 1.165) is 11.1 Å². The van der Waals surface area contributed by atoms with Gasteiger partial charge in [0.05, 0.1) is 0 Å². The van der Waals surface area contributed by atoms with Gasteiger partial charge >= 0.3 is 0 Å². The molecule has 0 aliphatic carbocycles. The van der Waals surface area contributed by atoms with Gasteiger partial charge in [0, 0.05) is 17.7 Å². The molecular formula is C4H9NS. The van der Waals surface area contributed by atoms with Crippen LogP contribution in [0.2, 0.25) is 0 Å². The zero-order valence-electron chi connectivity index (χ0n) is 3.90. The molecule has 1 aliphatic heterocycles. The summed E-state index contributed by atoms with van der Waals surface area (Å²) in [6.07, 6.45) is 0. The van der Waals surface area contributed by atoms with Crippen molar-refractivity contribution in [2.24, 2.45) is 0 Å². The molecule has 1 N–H and O–H groups in total. The molecule has 1 atom stereocenters. The average molecular weight is 103 g/mol. The van der Waals surface area contributed by atoms with Gasteiger partial charge in [-0.1, -0.05) is 6.92 Å². The van der Waals surface area contributed by atoms with Crippen LogP contribution in [-0.4, -0.2) is 17.7 Å². The van der Waals surface area contributed by atoms with E-state index < -0.39 is 0 Å². The van der Waals surface area contributed by atoms with E-state index in [-0.39, 0.29) is 0 Å². The van der Waals surface area contributed by atoms with Gasteiger partial charge < -0.3 is 5.32 Å². The fraction of sp³-hybridized carbons (Fsp3) is 1.00. The molecule has 0 aromatic rings. The van der Waals surface area contributed by atoms with Crippen LogP contribution in [0.3, 0.4) is 0 Å². The van der Waals surface area contributed by atoms with E-state index in [0.29, 0.717) is 0 Å². The summed E-state index contributed by atoms with van der Waals surface area (Å²) in [5, 5.41) is 4.09. The van der Waals surface area contributed by atoms with Gasteiger partial charge in [-0.3, -0.25) is 0 Å². The summed E-state index contributed by atoms with van der Waals surface area (Å²) in [6.45, 7) is 3.44. The SMILES string of the molecule is C[C@@H]1CNCS1. The second kappa shape index (κ2) is 1.85. The molecule has 1 rings (SSSR count). The van der Waals surface area contributed by atoms with Crippen LogP contribution in [0.25, 0.3) is 0 Å². The Morgan fingerprint density at radius 3 is 2.83 bits per heavy atom. The van der Waals surface area contributed by atoms with Crippen LogP contribution in [0.4, 0.5) is 0 Å². The summed E-state index contributed by atoms with van der Waals surface area (Å²) in [7, 11) is 0. The van der Waals surface area contributed by atoms with Gasteiger partial charge in [-0.05, 0) is 0 Å². The van der Waals surface area contributed by atoms with Crippen molar-refractivity contribution in [3.8, 4) is 0 Å². The van der Waals surface area contributed by atoms with E-state index in [9.17, 15) is 0 Å². The maximum absolute atomic E-state index is 3.23. The first-order valence-corrected chi connectivity index (χ1v) is 3.27. The Morgan fingerprint density at radius 2 is 2.67 bits per heavy atom. The third-order valence-corrected chi connectivity index (χ3v) is 2.01. The Balaban J connectivity index is 2.18. The molecule has 0 unspecified atom stereocenters. The van der Waals surface area contributed by atoms with Crippen LogP contribution >= 0.6 is 11.8 Å². The van der Waals surface area contributed by atoms with Crippen molar-refractivity contribution >= 4 is 11.8 Å². The minimum Gasteiger partial charge on any atom is -0.307 e. The number of thioether (sulfide) groups is 1. The number of rotatable bonds is 0. The molecule has 0 spiro atoms. The molecule has 1 nitrogen and oxygen atoms in total. The fourth-order valence-electron chi connectivity index (χ4n) is 0.522. The average Bonchev–Trinajstić information content (AvgIpc) is 1.86. The summed E-state index contributed by atoms with van der Waals surface area (Å²) in [6, 6.07) is 0. The Kier molecular flexibility index (Phi) is 1.37. The highest BCUT2D eigenvalue weighted by molar-refractivity contribution is 8.00. The summed E-state index contributed by atoms with van der Waals surface area (Å²) in [4.78, 5) is 0. The quantitative estimate of drug-likeness (QED) is 0.483. The molecule has 1 aliphatic rings. The molecule has 2 heteroatoms. The van der Waals surface area contributed by atoms with Gasteiger partial charge in [0.15, 0.2) is 0 Å². The summed E-state index contributed by atoms with van der Waals surface area (Å²) in [5.74, 6) is 1.15. The number of hydrogen-bond donors (Lipinski definition) is 1. The fourth-order valence-corrected chi connectivity index (χ4v) is 1.28. The van der Waals surface area contributed by atoms with Crippen molar-refractivity contribution in [3.05, 3.63) is 0 Å². The predicted molar refractivity (Wildman–Crippen MR) is 29.9 cm³/mol. The molecule has 36 valence electrons. The highest BCUT2D eigenvalue weighted by Crippen LogP contribution is 2.11. The van der Waals surface area contributed by atoms with E-state index in [4.69, 9.17) is 0 Å². The first-order chi connectivity index (χ1) is 2.89. The molecule has 0 saturated carbocycles. The molecule has 1 saturated heterocycles. The smallest absolute Gasteiger partial charge is 0.0421 e.